The van der Waals surface area contributed by atoms with Crippen LogP contribution >= 0.6 is 0 Å². The number of allylic oxidation sites excluding steroid dienone is 1. The van der Waals surface area contributed by atoms with Gasteiger partial charge in [-0.2, -0.15) is 0 Å². The van der Waals surface area contributed by atoms with E-state index in [0.717, 1.165) is 0 Å². The number of hydrogen-bond donors (Lipinski definition) is 5. The number of anilines is 1. The molecule has 1 aliphatic rings. The smallest absolute Gasteiger partial charge is 0.194 e. The maximum atomic E-state index is 13.5. The fraction of sp³-hybridized carbons (Fsp3) is 0.207. The Morgan fingerprint density at radius 2 is 1.38 bits per heavy atom. The molecule has 0 bridgehead atoms. The van der Waals surface area contributed by atoms with Crippen molar-refractivity contribution in [1.82, 2.24) is 0 Å². The first-order valence-corrected chi connectivity index (χ1v) is 12.2. The van der Waals surface area contributed by atoms with Crippen LogP contribution in [0.3, 0.4) is 0 Å². The lowest BCUT2D eigenvalue weighted by atomic mass is 9.80. The highest BCUT2D eigenvalue weighted by Crippen LogP contribution is 2.58. The normalized spacial score (nSPS) is 15.3. The van der Waals surface area contributed by atoms with Crippen LogP contribution in [0.2, 0.25) is 0 Å². The van der Waals surface area contributed by atoms with Crippen molar-refractivity contribution < 1.29 is 34.8 Å². The van der Waals surface area contributed by atoms with Crippen LogP contribution in [-0.4, -0.2) is 47.7 Å². The van der Waals surface area contributed by atoms with E-state index in [1.165, 1.54) is 33.5 Å². The zero-order valence-electron chi connectivity index (χ0n) is 22.1. The van der Waals surface area contributed by atoms with Gasteiger partial charge in [-0.1, -0.05) is 16.8 Å². The second-order valence-corrected chi connectivity index (χ2v) is 9.76. The van der Waals surface area contributed by atoms with Crippen molar-refractivity contribution in [2.45, 2.75) is 19.8 Å². The molecule has 11 nitrogen and oxygen atoms in total. The van der Waals surface area contributed by atoms with Gasteiger partial charge < -0.3 is 29.6 Å². The average Bonchev–Trinajstić information content (AvgIpc) is 3.06. The molecule has 6 rings (SSSR count). The summed E-state index contributed by atoms with van der Waals surface area (Å²) in [6, 6.07) is 2.44. The summed E-state index contributed by atoms with van der Waals surface area (Å²) in [6.45, 7) is 3.33. The number of oxime groups is 1. The maximum absolute atomic E-state index is 13.5. The monoisotopic (exact) mass is 544 g/mol. The third kappa shape index (κ3) is 2.84. The molecule has 0 saturated heterocycles. The number of phenolic OH excluding ortho intramolecular Hbond substituents is 2. The highest BCUT2D eigenvalue weighted by Gasteiger charge is 2.37. The lowest BCUT2D eigenvalue weighted by molar-refractivity contribution is 0.316. The Kier molecular flexibility index (Phi) is 5.36. The molecule has 1 atom stereocenters. The minimum absolute atomic E-state index is 0.0299. The molecular formula is C29H24N2O9. The van der Waals surface area contributed by atoms with Crippen molar-refractivity contribution in [2.75, 3.05) is 26.8 Å². The molecule has 5 aromatic carbocycles. The van der Waals surface area contributed by atoms with E-state index in [1.54, 1.807) is 19.9 Å². The standard InChI is InChI=1S/C29H24N2O9/c1-9-6-11-17-22-18(27(34)26(11)31-37)12(32)7-14(38-3)20(22)21-15(39-4)8-13(33)19-24(21)23(17)25(16(9)10(2)30-36)29(40-5)28(19)35/h6-8,16,31,34-37H,1-5H3/b30-10+. The SMILES string of the molecule is COc1c(O)c2c(=O)cc(OC)c3c4c(OC)cc(=O)c5c(O)c(NO)c6c(c(c1C(/C(C)=N/O)C(C)=C6)c23)c54. The molecule has 0 amide bonds. The molecule has 1 aliphatic carbocycles. The number of benzene rings is 5. The number of methoxy groups -OCH3 is 3. The Morgan fingerprint density at radius 3 is 1.88 bits per heavy atom. The topological polar surface area (TPSA) is 167 Å². The summed E-state index contributed by atoms with van der Waals surface area (Å²) >= 11 is 0. The van der Waals surface area contributed by atoms with Gasteiger partial charge in [0.25, 0.3) is 0 Å². The van der Waals surface area contributed by atoms with Gasteiger partial charge in [0.2, 0.25) is 0 Å². The Balaban J connectivity index is 2.20. The quantitative estimate of drug-likeness (QED) is 0.0531. The second kappa shape index (κ2) is 8.48. The molecule has 0 saturated carbocycles. The predicted molar refractivity (Wildman–Crippen MR) is 151 cm³/mol. The Morgan fingerprint density at radius 1 is 0.825 bits per heavy atom. The van der Waals surface area contributed by atoms with Crippen LogP contribution in [0, 0.1) is 0 Å². The first-order valence-electron chi connectivity index (χ1n) is 12.2. The van der Waals surface area contributed by atoms with Crippen LogP contribution in [0.4, 0.5) is 5.69 Å². The highest BCUT2D eigenvalue weighted by molar-refractivity contribution is 6.40. The van der Waals surface area contributed by atoms with Gasteiger partial charge in [-0.25, -0.2) is 0 Å². The molecule has 0 fully saturated rings. The van der Waals surface area contributed by atoms with E-state index in [2.05, 4.69) is 5.16 Å². The molecule has 0 heterocycles. The van der Waals surface area contributed by atoms with Crippen molar-refractivity contribution in [3.05, 3.63) is 49.3 Å². The van der Waals surface area contributed by atoms with Crippen LogP contribution in [0.25, 0.3) is 49.2 Å². The van der Waals surface area contributed by atoms with Crippen molar-refractivity contribution in [3.8, 4) is 28.7 Å². The van der Waals surface area contributed by atoms with E-state index < -0.39 is 28.3 Å². The van der Waals surface area contributed by atoms with Crippen LogP contribution in [0.5, 0.6) is 28.7 Å². The number of nitrogens with zero attached hydrogens (tertiary/aromatic N) is 1. The number of rotatable bonds is 5. The second-order valence-electron chi connectivity index (χ2n) is 9.76. The average molecular weight is 545 g/mol. The number of ether oxygens (including phenoxy) is 3. The van der Waals surface area contributed by atoms with Crippen LogP contribution in [-0.2, 0) is 0 Å². The lowest BCUT2D eigenvalue weighted by Gasteiger charge is -2.25. The van der Waals surface area contributed by atoms with Gasteiger partial charge in [0.1, 0.15) is 17.2 Å². The minimum atomic E-state index is -0.783. The molecule has 0 radical (unpaired) electrons. The fourth-order valence-electron chi connectivity index (χ4n) is 6.45. The number of aromatic hydroxyl groups is 2. The van der Waals surface area contributed by atoms with Crippen molar-refractivity contribution in [3.63, 3.8) is 0 Å². The Labute approximate surface area is 225 Å². The molecule has 0 aliphatic heterocycles. The van der Waals surface area contributed by atoms with Crippen LogP contribution < -0.4 is 30.5 Å². The van der Waals surface area contributed by atoms with E-state index in [1.807, 2.05) is 5.48 Å². The molecule has 0 aromatic heterocycles. The first kappa shape index (κ1) is 25.3. The molecule has 5 N–H and O–H groups in total. The van der Waals surface area contributed by atoms with Gasteiger partial charge in [0.05, 0.1) is 43.7 Å². The first-order chi connectivity index (χ1) is 19.2. The molecule has 204 valence electrons. The summed E-state index contributed by atoms with van der Waals surface area (Å²) in [4.78, 5) is 27.0. The maximum Gasteiger partial charge on any atom is 0.194 e. The van der Waals surface area contributed by atoms with Crippen molar-refractivity contribution in [2.24, 2.45) is 5.16 Å². The van der Waals surface area contributed by atoms with Gasteiger partial charge in [0.15, 0.2) is 28.1 Å². The summed E-state index contributed by atoms with van der Waals surface area (Å²) in [5.41, 5.74) is 2.25. The number of phenols is 2. The zero-order chi connectivity index (χ0) is 28.8. The van der Waals surface area contributed by atoms with Crippen LogP contribution in [0.1, 0.15) is 30.9 Å². The summed E-state index contributed by atoms with van der Waals surface area (Å²) < 4.78 is 17.0. The Hall–Kier alpha value is -5.03. The minimum Gasteiger partial charge on any atom is -0.505 e. The number of fused-ring (bicyclic) bond motifs is 1. The molecule has 11 heteroatoms. The van der Waals surface area contributed by atoms with E-state index in [-0.39, 0.29) is 44.8 Å². The summed E-state index contributed by atoms with van der Waals surface area (Å²) in [6.07, 6.45) is 1.67. The lowest BCUT2D eigenvalue weighted by Crippen LogP contribution is -2.14. The fourth-order valence-corrected chi connectivity index (χ4v) is 6.45. The van der Waals surface area contributed by atoms with Crippen molar-refractivity contribution in [1.29, 1.82) is 0 Å². The number of nitrogens with one attached hydrogen (secondary N) is 1. The predicted octanol–water partition coefficient (Wildman–Crippen LogP) is 4.48. The summed E-state index contributed by atoms with van der Waals surface area (Å²) in [5, 5.41) is 48.3. The van der Waals surface area contributed by atoms with E-state index in [0.29, 0.717) is 43.6 Å². The third-order valence-electron chi connectivity index (χ3n) is 7.94. The van der Waals surface area contributed by atoms with E-state index in [4.69, 9.17) is 14.2 Å². The molecule has 0 spiro atoms. The summed E-state index contributed by atoms with van der Waals surface area (Å²) in [5.74, 6) is -1.43. The van der Waals surface area contributed by atoms with Gasteiger partial charge in [-0.05, 0) is 19.2 Å². The largest absolute Gasteiger partial charge is 0.505 e. The van der Waals surface area contributed by atoms with Gasteiger partial charge in [-0.3, -0.25) is 20.3 Å². The summed E-state index contributed by atoms with van der Waals surface area (Å²) in [7, 11) is 4.12. The molecule has 1 unspecified atom stereocenters. The van der Waals surface area contributed by atoms with Gasteiger partial charge in [0, 0.05) is 50.2 Å². The van der Waals surface area contributed by atoms with Crippen LogP contribution in [0.15, 0.2) is 32.5 Å². The molecule has 40 heavy (non-hydrogen) atoms. The zero-order valence-corrected chi connectivity index (χ0v) is 22.1. The Bertz CT molecular complexity index is 2100. The van der Waals surface area contributed by atoms with Gasteiger partial charge in [-0.15, -0.1) is 0 Å². The number of hydrogen-bond acceptors (Lipinski definition) is 11. The molecule has 5 aromatic rings. The van der Waals surface area contributed by atoms with E-state index >= 15 is 0 Å². The van der Waals surface area contributed by atoms with E-state index in [9.17, 15) is 30.2 Å². The van der Waals surface area contributed by atoms with Crippen molar-refractivity contribution >= 4 is 60.6 Å². The highest BCUT2D eigenvalue weighted by atomic mass is 16.5. The third-order valence-corrected chi connectivity index (χ3v) is 7.94. The molecular weight excluding hydrogens is 520 g/mol. The van der Waals surface area contributed by atoms with Gasteiger partial charge >= 0.3 is 0 Å².